The lowest BCUT2D eigenvalue weighted by molar-refractivity contribution is -0.115. The van der Waals surface area contributed by atoms with Crippen molar-refractivity contribution in [2.24, 2.45) is 0 Å². The van der Waals surface area contributed by atoms with Gasteiger partial charge in [0, 0.05) is 16.7 Å². The Kier molecular flexibility index (Phi) is 2.98. The van der Waals surface area contributed by atoms with Crippen LogP contribution in [0.1, 0.15) is 12.5 Å². The number of aryl methyl sites for hydroxylation is 1. The minimum Gasteiger partial charge on any atom is -0.279 e. The van der Waals surface area contributed by atoms with Gasteiger partial charge in [-0.2, -0.15) is 0 Å². The van der Waals surface area contributed by atoms with Gasteiger partial charge < -0.3 is 0 Å². The van der Waals surface area contributed by atoms with E-state index in [1.165, 1.54) is 16.3 Å². The molecule has 0 bridgehead atoms. The summed E-state index contributed by atoms with van der Waals surface area (Å²) in [4.78, 5) is 16.4. The number of carbonyl (C=O) groups excluding carboxylic acids is 1. The molecule has 0 saturated heterocycles. The normalized spacial score (nSPS) is 12.9. The van der Waals surface area contributed by atoms with Gasteiger partial charge in [0.2, 0.25) is 5.91 Å². The zero-order valence-electron chi connectivity index (χ0n) is 12.5. The van der Waals surface area contributed by atoms with E-state index in [4.69, 9.17) is 0 Å². The number of amides is 1. The lowest BCUT2D eigenvalue weighted by Gasteiger charge is -2.31. The first kappa shape index (κ1) is 13.4. The molecule has 0 saturated carbocycles. The van der Waals surface area contributed by atoms with Crippen LogP contribution in [0.3, 0.4) is 0 Å². The molecular formula is C19H15NOS. The zero-order valence-corrected chi connectivity index (χ0v) is 13.3. The van der Waals surface area contributed by atoms with Crippen LogP contribution in [0, 0.1) is 6.92 Å². The van der Waals surface area contributed by atoms with E-state index in [0.717, 1.165) is 21.2 Å². The third kappa shape index (κ3) is 1.93. The van der Waals surface area contributed by atoms with E-state index >= 15 is 0 Å². The molecule has 0 fully saturated rings. The van der Waals surface area contributed by atoms with Crippen LogP contribution in [-0.4, -0.2) is 5.91 Å². The van der Waals surface area contributed by atoms with Crippen molar-refractivity contribution in [3.63, 3.8) is 0 Å². The highest BCUT2D eigenvalue weighted by Crippen LogP contribution is 2.50. The largest absolute Gasteiger partial charge is 0.279 e. The molecule has 4 rings (SSSR count). The fraction of sp³-hybridized carbons (Fsp3) is 0.105. The van der Waals surface area contributed by atoms with Gasteiger partial charge in [0.15, 0.2) is 0 Å². The van der Waals surface area contributed by atoms with Gasteiger partial charge in [-0.25, -0.2) is 0 Å². The van der Waals surface area contributed by atoms with E-state index in [2.05, 4.69) is 43.3 Å². The molecule has 0 spiro atoms. The highest BCUT2D eigenvalue weighted by Gasteiger charge is 2.27. The molecule has 1 aliphatic heterocycles. The summed E-state index contributed by atoms with van der Waals surface area (Å²) in [7, 11) is 0. The Morgan fingerprint density at radius 3 is 2.59 bits per heavy atom. The van der Waals surface area contributed by atoms with Crippen molar-refractivity contribution in [1.82, 2.24) is 0 Å². The maximum atomic E-state index is 12.3. The smallest absolute Gasteiger partial charge is 0.228 e. The second-order valence-corrected chi connectivity index (χ2v) is 6.61. The predicted octanol–water partition coefficient (Wildman–Crippen LogP) is 5.30. The van der Waals surface area contributed by atoms with Crippen LogP contribution in [0.15, 0.2) is 64.4 Å². The molecule has 22 heavy (non-hydrogen) atoms. The molecule has 3 aromatic carbocycles. The molecule has 3 heteroatoms. The van der Waals surface area contributed by atoms with Crippen molar-refractivity contribution in [3.05, 3.63) is 60.2 Å². The van der Waals surface area contributed by atoms with Gasteiger partial charge >= 0.3 is 0 Å². The van der Waals surface area contributed by atoms with E-state index in [-0.39, 0.29) is 5.91 Å². The molecule has 1 heterocycles. The average molecular weight is 305 g/mol. The molecule has 108 valence electrons. The summed E-state index contributed by atoms with van der Waals surface area (Å²) in [5.41, 5.74) is 3.16. The van der Waals surface area contributed by atoms with Gasteiger partial charge in [0.25, 0.3) is 0 Å². The number of hydrogen-bond acceptors (Lipinski definition) is 2. The van der Waals surface area contributed by atoms with Crippen LogP contribution in [-0.2, 0) is 4.79 Å². The first-order valence-corrected chi connectivity index (χ1v) is 8.08. The van der Waals surface area contributed by atoms with Gasteiger partial charge in [-0.15, -0.1) is 0 Å². The van der Waals surface area contributed by atoms with Crippen molar-refractivity contribution in [2.75, 3.05) is 4.90 Å². The van der Waals surface area contributed by atoms with Crippen molar-refractivity contribution in [1.29, 1.82) is 0 Å². The van der Waals surface area contributed by atoms with Crippen molar-refractivity contribution < 1.29 is 4.79 Å². The van der Waals surface area contributed by atoms with Crippen LogP contribution in [0.2, 0.25) is 0 Å². The van der Waals surface area contributed by atoms with Crippen LogP contribution in [0.4, 0.5) is 11.4 Å². The summed E-state index contributed by atoms with van der Waals surface area (Å²) in [6.07, 6.45) is 0. The summed E-state index contributed by atoms with van der Waals surface area (Å²) in [6.45, 7) is 3.70. The highest BCUT2D eigenvalue weighted by molar-refractivity contribution is 8.00. The Morgan fingerprint density at radius 2 is 1.77 bits per heavy atom. The standard InChI is InChI=1S/C19H15NOS/c1-12-7-9-16-18(11-12)22-19-15-6-4-3-5-14(15)8-10-17(19)20(16)13(2)21/h3-11H,1-2H3. The number of benzene rings is 3. The van der Waals surface area contributed by atoms with Gasteiger partial charge in [-0.3, -0.25) is 9.69 Å². The first-order chi connectivity index (χ1) is 10.6. The zero-order chi connectivity index (χ0) is 15.3. The number of fused-ring (bicyclic) bond motifs is 4. The monoisotopic (exact) mass is 305 g/mol. The lowest BCUT2D eigenvalue weighted by Crippen LogP contribution is -2.25. The lowest BCUT2D eigenvalue weighted by atomic mass is 10.1. The first-order valence-electron chi connectivity index (χ1n) is 7.26. The maximum absolute atomic E-state index is 12.3. The minimum atomic E-state index is 0.0435. The van der Waals surface area contributed by atoms with E-state index in [9.17, 15) is 4.79 Å². The summed E-state index contributed by atoms with van der Waals surface area (Å²) in [5.74, 6) is 0.0435. The summed E-state index contributed by atoms with van der Waals surface area (Å²) >= 11 is 1.75. The van der Waals surface area contributed by atoms with Crippen LogP contribution in [0.25, 0.3) is 10.8 Å². The van der Waals surface area contributed by atoms with E-state index < -0.39 is 0 Å². The Labute approximate surface area is 133 Å². The van der Waals surface area contributed by atoms with Crippen LogP contribution in [0.5, 0.6) is 0 Å². The Morgan fingerprint density at radius 1 is 1.00 bits per heavy atom. The molecule has 1 amide bonds. The van der Waals surface area contributed by atoms with E-state index in [1.54, 1.807) is 18.7 Å². The Hall–Kier alpha value is -2.26. The fourth-order valence-corrected chi connectivity index (χ4v) is 4.27. The third-order valence-electron chi connectivity index (χ3n) is 3.98. The second kappa shape index (κ2) is 4.89. The second-order valence-electron chi connectivity index (χ2n) is 5.56. The average Bonchev–Trinajstić information content (AvgIpc) is 2.52. The quantitative estimate of drug-likeness (QED) is 0.562. The molecule has 0 unspecified atom stereocenters. The molecule has 3 aromatic rings. The van der Waals surface area contributed by atoms with Gasteiger partial charge in [0.05, 0.1) is 11.4 Å². The number of anilines is 2. The van der Waals surface area contributed by atoms with Gasteiger partial charge in [-0.05, 0) is 41.5 Å². The Bertz CT molecular complexity index is 916. The molecule has 0 radical (unpaired) electrons. The molecular weight excluding hydrogens is 290 g/mol. The van der Waals surface area contributed by atoms with E-state index in [1.807, 2.05) is 23.1 Å². The molecule has 2 nitrogen and oxygen atoms in total. The van der Waals surface area contributed by atoms with Crippen LogP contribution < -0.4 is 4.90 Å². The molecule has 1 aliphatic rings. The molecule has 0 N–H and O–H groups in total. The summed E-state index contributed by atoms with van der Waals surface area (Å²) in [6, 6.07) is 18.7. The van der Waals surface area contributed by atoms with Crippen molar-refractivity contribution >= 4 is 39.8 Å². The number of hydrogen-bond donors (Lipinski definition) is 0. The van der Waals surface area contributed by atoms with Crippen LogP contribution >= 0.6 is 11.8 Å². The summed E-state index contributed by atoms with van der Waals surface area (Å²) in [5, 5.41) is 2.40. The van der Waals surface area contributed by atoms with Crippen molar-refractivity contribution in [2.45, 2.75) is 23.6 Å². The summed E-state index contributed by atoms with van der Waals surface area (Å²) < 4.78 is 0. The minimum absolute atomic E-state index is 0.0435. The van der Waals surface area contributed by atoms with E-state index in [0.29, 0.717) is 0 Å². The maximum Gasteiger partial charge on any atom is 0.228 e. The van der Waals surface area contributed by atoms with Gasteiger partial charge in [0.1, 0.15) is 0 Å². The number of carbonyl (C=O) groups is 1. The topological polar surface area (TPSA) is 20.3 Å². The molecule has 0 aliphatic carbocycles. The highest BCUT2D eigenvalue weighted by atomic mass is 32.2. The van der Waals surface area contributed by atoms with Crippen molar-refractivity contribution in [3.8, 4) is 0 Å². The number of nitrogens with zero attached hydrogens (tertiary/aromatic N) is 1. The Balaban J connectivity index is 2.04. The SMILES string of the molecule is CC(=O)N1c2ccc(C)cc2Sc2c1ccc1ccccc21. The number of rotatable bonds is 0. The third-order valence-corrected chi connectivity index (χ3v) is 5.16. The predicted molar refractivity (Wildman–Crippen MR) is 92.1 cm³/mol. The fourth-order valence-electron chi connectivity index (χ4n) is 2.98. The molecule has 0 aromatic heterocycles. The van der Waals surface area contributed by atoms with Gasteiger partial charge in [-0.1, -0.05) is 48.2 Å². The molecule has 0 atom stereocenters.